The number of aliphatic hydroxyl groups is 1. The molecular weight excluding hydrogens is 251 g/mol. The highest BCUT2D eigenvalue weighted by atomic mass is 19.4. The van der Waals surface area contributed by atoms with Crippen LogP contribution in [0.25, 0.3) is 0 Å². The topological polar surface area (TPSA) is 64.7 Å². The van der Waals surface area contributed by atoms with Crippen molar-refractivity contribution in [3.8, 4) is 5.75 Å². The van der Waals surface area contributed by atoms with Crippen molar-refractivity contribution in [3.63, 3.8) is 0 Å². The van der Waals surface area contributed by atoms with Gasteiger partial charge in [0, 0.05) is 5.69 Å². The molecule has 18 heavy (non-hydrogen) atoms. The van der Waals surface area contributed by atoms with E-state index < -0.39 is 11.7 Å². The van der Waals surface area contributed by atoms with E-state index in [1.165, 1.54) is 12.1 Å². The van der Waals surface area contributed by atoms with Crippen molar-refractivity contribution in [2.45, 2.75) is 6.18 Å². The molecule has 0 aliphatic heterocycles. The van der Waals surface area contributed by atoms with E-state index >= 15 is 0 Å². The van der Waals surface area contributed by atoms with Crippen LogP contribution in [-0.2, 0) is 10.9 Å². The van der Waals surface area contributed by atoms with Gasteiger partial charge in [-0.25, -0.2) is 0 Å². The fourth-order valence-electron chi connectivity index (χ4n) is 1.27. The average Bonchev–Trinajstić information content (AvgIpc) is 2.29. The molecule has 3 N–H and O–H groups in total. The Kier molecular flexibility index (Phi) is 5.24. The van der Waals surface area contributed by atoms with Gasteiger partial charge in [-0.2, -0.15) is 13.2 Å². The monoisotopic (exact) mass is 265 g/mol. The van der Waals surface area contributed by atoms with Crippen LogP contribution in [0.1, 0.15) is 5.56 Å². The summed E-state index contributed by atoms with van der Waals surface area (Å²) in [4.78, 5) is 0. The largest absolute Gasteiger partial charge is 0.491 e. The van der Waals surface area contributed by atoms with E-state index in [2.05, 4.69) is 0 Å². The van der Waals surface area contributed by atoms with Crippen molar-refractivity contribution in [3.05, 3.63) is 23.8 Å². The summed E-state index contributed by atoms with van der Waals surface area (Å²) in [6.45, 7) is 0.0438. The second-order valence-corrected chi connectivity index (χ2v) is 3.44. The minimum atomic E-state index is -4.52. The number of halogens is 3. The molecule has 1 aromatic rings. The summed E-state index contributed by atoms with van der Waals surface area (Å²) in [5.41, 5.74) is 4.42. The fourth-order valence-corrected chi connectivity index (χ4v) is 1.27. The number of nitrogen functional groups attached to an aromatic ring is 1. The quantitative estimate of drug-likeness (QED) is 0.606. The highest BCUT2D eigenvalue weighted by Crippen LogP contribution is 2.37. The molecule has 0 saturated heterocycles. The molecular formula is C11H14F3NO3. The normalized spacial score (nSPS) is 11.6. The number of ether oxygens (including phenoxy) is 2. The molecule has 1 rings (SSSR count). The summed E-state index contributed by atoms with van der Waals surface area (Å²) in [6.07, 6.45) is -4.52. The molecule has 4 nitrogen and oxygen atoms in total. The molecule has 0 aliphatic carbocycles. The van der Waals surface area contributed by atoms with Gasteiger partial charge in [0.05, 0.1) is 25.4 Å². The van der Waals surface area contributed by atoms with E-state index in [4.69, 9.17) is 20.3 Å². The maximum absolute atomic E-state index is 12.7. The maximum atomic E-state index is 12.7. The molecule has 0 amide bonds. The van der Waals surface area contributed by atoms with Gasteiger partial charge < -0.3 is 20.3 Å². The van der Waals surface area contributed by atoms with Crippen LogP contribution in [0.15, 0.2) is 18.2 Å². The smallest absolute Gasteiger partial charge is 0.420 e. The molecule has 0 bridgehead atoms. The zero-order valence-electron chi connectivity index (χ0n) is 9.54. The van der Waals surface area contributed by atoms with E-state index in [-0.39, 0.29) is 37.9 Å². The van der Waals surface area contributed by atoms with E-state index in [1.807, 2.05) is 0 Å². The van der Waals surface area contributed by atoms with E-state index in [0.29, 0.717) is 0 Å². The van der Waals surface area contributed by atoms with Crippen molar-refractivity contribution >= 4 is 5.69 Å². The minimum Gasteiger partial charge on any atom is -0.491 e. The first kappa shape index (κ1) is 14.6. The van der Waals surface area contributed by atoms with E-state index in [9.17, 15) is 13.2 Å². The molecule has 0 fully saturated rings. The van der Waals surface area contributed by atoms with Gasteiger partial charge in [-0.1, -0.05) is 0 Å². The van der Waals surface area contributed by atoms with Crippen LogP contribution < -0.4 is 10.5 Å². The molecule has 0 aliphatic rings. The molecule has 0 heterocycles. The molecule has 0 spiro atoms. The van der Waals surface area contributed by atoms with Crippen LogP contribution in [0.4, 0.5) is 18.9 Å². The highest BCUT2D eigenvalue weighted by molar-refractivity contribution is 5.49. The number of aliphatic hydroxyl groups excluding tert-OH is 1. The lowest BCUT2D eigenvalue weighted by Crippen LogP contribution is -2.13. The summed E-state index contributed by atoms with van der Waals surface area (Å²) >= 11 is 0. The molecule has 0 atom stereocenters. The Morgan fingerprint density at radius 1 is 1.17 bits per heavy atom. The van der Waals surface area contributed by atoms with Gasteiger partial charge in [0.1, 0.15) is 12.4 Å². The number of hydrogen-bond acceptors (Lipinski definition) is 4. The van der Waals surface area contributed by atoms with Crippen LogP contribution in [0.3, 0.4) is 0 Å². The number of benzene rings is 1. The number of anilines is 1. The van der Waals surface area contributed by atoms with Gasteiger partial charge in [0.25, 0.3) is 0 Å². The zero-order chi connectivity index (χ0) is 13.6. The van der Waals surface area contributed by atoms with Crippen molar-refractivity contribution in [1.29, 1.82) is 0 Å². The SMILES string of the molecule is Nc1ccc(OCCOCCO)c(C(F)(F)F)c1. The standard InChI is InChI=1S/C11H14F3NO3/c12-11(13,14)9-7-8(15)1-2-10(9)18-6-5-17-4-3-16/h1-2,7,16H,3-6,15H2. The van der Waals surface area contributed by atoms with Crippen LogP contribution in [0.5, 0.6) is 5.75 Å². The van der Waals surface area contributed by atoms with Gasteiger partial charge in [-0.3, -0.25) is 0 Å². The summed E-state index contributed by atoms with van der Waals surface area (Å²) in [7, 11) is 0. The number of nitrogens with two attached hydrogens (primary N) is 1. The Balaban J connectivity index is 2.65. The van der Waals surface area contributed by atoms with Gasteiger partial charge in [0.2, 0.25) is 0 Å². The van der Waals surface area contributed by atoms with Crippen LogP contribution in [-0.4, -0.2) is 31.5 Å². The first-order chi connectivity index (χ1) is 8.45. The van der Waals surface area contributed by atoms with Gasteiger partial charge >= 0.3 is 6.18 Å². The van der Waals surface area contributed by atoms with Gasteiger partial charge in [-0.15, -0.1) is 0 Å². The predicted molar refractivity (Wildman–Crippen MR) is 59.3 cm³/mol. The number of rotatable bonds is 6. The summed E-state index contributed by atoms with van der Waals surface area (Å²) in [6, 6.07) is 3.33. The first-order valence-electron chi connectivity index (χ1n) is 5.23. The Bertz CT molecular complexity index is 382. The molecule has 0 unspecified atom stereocenters. The average molecular weight is 265 g/mol. The Hall–Kier alpha value is -1.47. The molecule has 7 heteroatoms. The second-order valence-electron chi connectivity index (χ2n) is 3.44. The minimum absolute atomic E-state index is 0.0196. The maximum Gasteiger partial charge on any atom is 0.420 e. The van der Waals surface area contributed by atoms with Crippen molar-refractivity contribution in [1.82, 2.24) is 0 Å². The molecule has 1 aromatic carbocycles. The van der Waals surface area contributed by atoms with Crippen molar-refractivity contribution in [2.24, 2.45) is 0 Å². The molecule has 102 valence electrons. The lowest BCUT2D eigenvalue weighted by atomic mass is 10.1. The number of hydrogen-bond donors (Lipinski definition) is 2. The van der Waals surface area contributed by atoms with E-state index in [0.717, 1.165) is 6.07 Å². The summed E-state index contributed by atoms with van der Waals surface area (Å²) < 4.78 is 47.8. The summed E-state index contributed by atoms with van der Waals surface area (Å²) in [5, 5.41) is 8.44. The lowest BCUT2D eigenvalue weighted by Gasteiger charge is -2.14. The Labute approximate surface area is 102 Å². The summed E-state index contributed by atoms with van der Waals surface area (Å²) in [5.74, 6) is -0.288. The first-order valence-corrected chi connectivity index (χ1v) is 5.23. The number of alkyl halides is 3. The Morgan fingerprint density at radius 3 is 2.50 bits per heavy atom. The molecule has 0 radical (unpaired) electrons. The van der Waals surface area contributed by atoms with Crippen molar-refractivity contribution in [2.75, 3.05) is 32.2 Å². The third-order valence-electron chi connectivity index (χ3n) is 2.03. The van der Waals surface area contributed by atoms with Gasteiger partial charge in [0.15, 0.2) is 0 Å². The van der Waals surface area contributed by atoms with Crippen molar-refractivity contribution < 1.29 is 27.8 Å². The molecule has 0 aromatic heterocycles. The molecule has 0 saturated carbocycles. The van der Waals surface area contributed by atoms with E-state index in [1.54, 1.807) is 0 Å². The van der Waals surface area contributed by atoms with Crippen LogP contribution in [0.2, 0.25) is 0 Å². The lowest BCUT2D eigenvalue weighted by molar-refractivity contribution is -0.139. The third-order valence-corrected chi connectivity index (χ3v) is 2.03. The Morgan fingerprint density at radius 2 is 1.89 bits per heavy atom. The predicted octanol–water partition coefficient (Wildman–Crippen LogP) is 1.68. The van der Waals surface area contributed by atoms with Crippen LogP contribution in [0, 0.1) is 0 Å². The highest BCUT2D eigenvalue weighted by Gasteiger charge is 2.34. The fraction of sp³-hybridized carbons (Fsp3) is 0.455. The third kappa shape index (κ3) is 4.42. The zero-order valence-corrected chi connectivity index (χ0v) is 9.54. The second kappa shape index (κ2) is 6.46. The van der Waals surface area contributed by atoms with Crippen LogP contribution >= 0.6 is 0 Å². The van der Waals surface area contributed by atoms with Gasteiger partial charge in [-0.05, 0) is 18.2 Å².